The normalized spacial score (nSPS) is 13.2. The summed E-state index contributed by atoms with van der Waals surface area (Å²) in [4.78, 5) is 28.6. The molecule has 0 aliphatic carbocycles. The van der Waals surface area contributed by atoms with Crippen LogP contribution in [0.4, 0.5) is 10.1 Å². The minimum Gasteiger partial charge on any atom is -0.486 e. The molecular formula is C31H36FN3O6S. The number of carbonyl (C=O) groups is 2. The molecule has 0 fully saturated rings. The van der Waals surface area contributed by atoms with Gasteiger partial charge in [0.15, 0.2) is 11.5 Å². The van der Waals surface area contributed by atoms with Gasteiger partial charge in [-0.25, -0.2) is 12.8 Å². The van der Waals surface area contributed by atoms with Gasteiger partial charge in [-0.1, -0.05) is 38.1 Å². The highest BCUT2D eigenvalue weighted by Crippen LogP contribution is 2.34. The number of aryl methyl sites for hydroxylation is 1. The Balaban J connectivity index is 1.74. The number of rotatable bonds is 12. The van der Waals surface area contributed by atoms with Gasteiger partial charge in [0.2, 0.25) is 11.8 Å². The first-order valence-corrected chi connectivity index (χ1v) is 15.4. The van der Waals surface area contributed by atoms with Crippen molar-refractivity contribution >= 4 is 27.5 Å². The molecular weight excluding hydrogens is 561 g/mol. The van der Waals surface area contributed by atoms with E-state index in [1.165, 1.54) is 35.2 Å². The SMILES string of the molecule is CCCNC(=O)[C@@H](CC)N(Cc1ccccc1C)C(=O)CN(c1ccc(F)cc1)S(=O)(=O)c1ccc2c(c1)OCCO2. The smallest absolute Gasteiger partial charge is 0.264 e. The van der Waals surface area contributed by atoms with Crippen molar-refractivity contribution < 1.29 is 31.9 Å². The summed E-state index contributed by atoms with van der Waals surface area (Å²) >= 11 is 0. The summed E-state index contributed by atoms with van der Waals surface area (Å²) in [7, 11) is -4.35. The molecule has 1 aliphatic heterocycles. The highest BCUT2D eigenvalue weighted by atomic mass is 32.2. The van der Waals surface area contributed by atoms with Gasteiger partial charge in [0.05, 0.1) is 10.6 Å². The lowest BCUT2D eigenvalue weighted by Gasteiger charge is -2.33. The number of nitrogens with one attached hydrogen (secondary N) is 1. The average molecular weight is 598 g/mol. The number of nitrogens with zero attached hydrogens (tertiary/aromatic N) is 2. The molecule has 0 saturated carbocycles. The van der Waals surface area contributed by atoms with Gasteiger partial charge in [-0.2, -0.15) is 0 Å². The van der Waals surface area contributed by atoms with E-state index >= 15 is 0 Å². The van der Waals surface area contributed by atoms with E-state index in [0.717, 1.165) is 34.0 Å². The van der Waals surface area contributed by atoms with Crippen molar-refractivity contribution in [3.8, 4) is 11.5 Å². The molecule has 1 heterocycles. The summed E-state index contributed by atoms with van der Waals surface area (Å²) < 4.78 is 54.0. The molecule has 2 amide bonds. The van der Waals surface area contributed by atoms with Crippen molar-refractivity contribution in [2.75, 3.05) is 30.6 Å². The lowest BCUT2D eigenvalue weighted by atomic mass is 10.1. The van der Waals surface area contributed by atoms with Crippen LogP contribution in [0, 0.1) is 12.7 Å². The Hall–Kier alpha value is -4.12. The Kier molecular flexibility index (Phi) is 10.1. The lowest BCUT2D eigenvalue weighted by molar-refractivity contribution is -0.140. The predicted octanol–water partition coefficient (Wildman–Crippen LogP) is 4.43. The predicted molar refractivity (Wildman–Crippen MR) is 157 cm³/mol. The van der Waals surface area contributed by atoms with E-state index < -0.39 is 34.3 Å². The summed E-state index contributed by atoms with van der Waals surface area (Å²) in [6.07, 6.45) is 1.04. The van der Waals surface area contributed by atoms with Crippen LogP contribution in [-0.4, -0.2) is 57.5 Å². The quantitative estimate of drug-likeness (QED) is 0.331. The summed E-state index contributed by atoms with van der Waals surface area (Å²) in [5.41, 5.74) is 1.85. The van der Waals surface area contributed by atoms with E-state index in [9.17, 15) is 22.4 Å². The summed E-state index contributed by atoms with van der Waals surface area (Å²) in [6, 6.07) is 15.8. The van der Waals surface area contributed by atoms with Crippen molar-refractivity contribution in [2.24, 2.45) is 0 Å². The van der Waals surface area contributed by atoms with Crippen molar-refractivity contribution in [2.45, 2.75) is 51.1 Å². The Bertz CT molecular complexity index is 1510. The van der Waals surface area contributed by atoms with Gasteiger partial charge >= 0.3 is 0 Å². The molecule has 0 radical (unpaired) electrons. The first kappa shape index (κ1) is 30.8. The van der Waals surface area contributed by atoms with Crippen LogP contribution in [-0.2, 0) is 26.2 Å². The highest BCUT2D eigenvalue weighted by Gasteiger charge is 2.34. The maximum absolute atomic E-state index is 14.1. The molecule has 1 N–H and O–H groups in total. The molecule has 0 unspecified atom stereocenters. The van der Waals surface area contributed by atoms with Crippen LogP contribution in [0.1, 0.15) is 37.8 Å². The van der Waals surface area contributed by atoms with E-state index in [-0.39, 0.29) is 35.4 Å². The van der Waals surface area contributed by atoms with E-state index in [0.29, 0.717) is 25.3 Å². The van der Waals surface area contributed by atoms with E-state index in [2.05, 4.69) is 5.32 Å². The molecule has 1 aliphatic rings. The fourth-order valence-electron chi connectivity index (χ4n) is 4.70. The second-order valence-electron chi connectivity index (χ2n) is 9.96. The minimum absolute atomic E-state index is 0.0963. The number of carbonyl (C=O) groups excluding carboxylic acids is 2. The number of hydrogen-bond acceptors (Lipinski definition) is 6. The van der Waals surface area contributed by atoms with Crippen molar-refractivity contribution in [1.29, 1.82) is 0 Å². The van der Waals surface area contributed by atoms with Crippen molar-refractivity contribution in [3.63, 3.8) is 0 Å². The second kappa shape index (κ2) is 13.7. The topological polar surface area (TPSA) is 105 Å². The first-order valence-electron chi connectivity index (χ1n) is 13.9. The van der Waals surface area contributed by atoms with Crippen LogP contribution in [0.15, 0.2) is 71.6 Å². The third-order valence-electron chi connectivity index (χ3n) is 7.03. The Labute approximate surface area is 246 Å². The highest BCUT2D eigenvalue weighted by molar-refractivity contribution is 7.92. The van der Waals surface area contributed by atoms with Gasteiger partial charge in [0.1, 0.15) is 31.6 Å². The van der Waals surface area contributed by atoms with Crippen molar-refractivity contribution in [1.82, 2.24) is 10.2 Å². The van der Waals surface area contributed by atoms with Gasteiger partial charge in [-0.15, -0.1) is 0 Å². The van der Waals surface area contributed by atoms with Gasteiger partial charge in [0.25, 0.3) is 10.0 Å². The third-order valence-corrected chi connectivity index (χ3v) is 8.80. The zero-order chi connectivity index (χ0) is 30.3. The Morgan fingerprint density at radius 3 is 2.33 bits per heavy atom. The lowest BCUT2D eigenvalue weighted by Crippen LogP contribution is -2.52. The van der Waals surface area contributed by atoms with Crippen LogP contribution in [0.3, 0.4) is 0 Å². The van der Waals surface area contributed by atoms with E-state index in [1.807, 2.05) is 38.1 Å². The molecule has 3 aromatic carbocycles. The van der Waals surface area contributed by atoms with E-state index in [4.69, 9.17) is 9.47 Å². The maximum atomic E-state index is 14.1. The summed E-state index contributed by atoms with van der Waals surface area (Å²) in [5.74, 6) is -0.765. The summed E-state index contributed by atoms with van der Waals surface area (Å²) in [5, 5.41) is 2.86. The van der Waals surface area contributed by atoms with Crippen LogP contribution < -0.4 is 19.1 Å². The van der Waals surface area contributed by atoms with Gasteiger partial charge in [-0.05, 0) is 67.3 Å². The molecule has 4 rings (SSSR count). The fourth-order valence-corrected chi connectivity index (χ4v) is 6.13. The number of ether oxygens (including phenoxy) is 2. The molecule has 9 nitrogen and oxygen atoms in total. The zero-order valence-corrected chi connectivity index (χ0v) is 24.8. The van der Waals surface area contributed by atoms with Crippen molar-refractivity contribution in [3.05, 3.63) is 83.7 Å². The van der Waals surface area contributed by atoms with Gasteiger partial charge in [0, 0.05) is 19.2 Å². The standard InChI is InChI=1S/C31H36FN3O6S/c1-4-16-33-31(37)27(5-2)34(20-23-9-7-6-8-22(23)3)30(36)21-35(25-12-10-24(32)11-13-25)42(38,39)26-14-15-28-29(19-26)41-18-17-40-28/h6-15,19,27H,4-5,16-18,20-21H2,1-3H3,(H,33,37)/t27-/m1/s1. The molecule has 0 saturated heterocycles. The van der Waals surface area contributed by atoms with Crippen LogP contribution in [0.5, 0.6) is 11.5 Å². The number of fused-ring (bicyclic) bond motifs is 1. The Morgan fingerprint density at radius 2 is 1.67 bits per heavy atom. The second-order valence-corrected chi connectivity index (χ2v) is 11.8. The van der Waals surface area contributed by atoms with Crippen LogP contribution >= 0.6 is 0 Å². The molecule has 224 valence electrons. The zero-order valence-electron chi connectivity index (χ0n) is 24.0. The van der Waals surface area contributed by atoms with Gasteiger partial charge in [-0.3, -0.25) is 13.9 Å². The summed E-state index contributed by atoms with van der Waals surface area (Å²) in [6.45, 7) is 6.18. The largest absolute Gasteiger partial charge is 0.486 e. The number of amides is 2. The number of halogens is 1. The number of sulfonamides is 1. The van der Waals surface area contributed by atoms with Crippen LogP contribution in [0.25, 0.3) is 0 Å². The Morgan fingerprint density at radius 1 is 0.976 bits per heavy atom. The maximum Gasteiger partial charge on any atom is 0.264 e. The molecule has 0 bridgehead atoms. The fraction of sp³-hybridized carbons (Fsp3) is 0.355. The molecule has 0 spiro atoms. The monoisotopic (exact) mass is 597 g/mol. The molecule has 1 atom stereocenters. The average Bonchev–Trinajstić information content (AvgIpc) is 2.99. The van der Waals surface area contributed by atoms with Gasteiger partial charge < -0.3 is 19.7 Å². The first-order chi connectivity index (χ1) is 20.1. The minimum atomic E-state index is -4.35. The van der Waals surface area contributed by atoms with Crippen LogP contribution in [0.2, 0.25) is 0 Å². The molecule has 42 heavy (non-hydrogen) atoms. The number of benzene rings is 3. The third kappa shape index (κ3) is 7.02. The van der Waals surface area contributed by atoms with E-state index in [1.54, 1.807) is 6.92 Å². The number of anilines is 1. The number of hydrogen-bond donors (Lipinski definition) is 1. The molecule has 11 heteroatoms. The molecule has 3 aromatic rings. The molecule has 0 aromatic heterocycles.